The van der Waals surface area contributed by atoms with E-state index in [0.29, 0.717) is 23.9 Å². The van der Waals surface area contributed by atoms with Gasteiger partial charge in [0, 0.05) is 30.0 Å². The van der Waals surface area contributed by atoms with Crippen molar-refractivity contribution < 1.29 is 4.79 Å². The average Bonchev–Trinajstić information content (AvgIpc) is 2.48. The second-order valence-corrected chi connectivity index (χ2v) is 5.37. The van der Waals surface area contributed by atoms with Gasteiger partial charge < -0.3 is 10.6 Å². The van der Waals surface area contributed by atoms with E-state index in [1.165, 1.54) is 11.5 Å². The third-order valence-electron chi connectivity index (χ3n) is 1.78. The molecular formula is C10H18N4OS. The number of hydrogen-bond acceptors (Lipinski definition) is 5. The Morgan fingerprint density at radius 2 is 2.12 bits per heavy atom. The van der Waals surface area contributed by atoms with Crippen LogP contribution >= 0.6 is 11.5 Å². The van der Waals surface area contributed by atoms with Crippen molar-refractivity contribution in [2.75, 3.05) is 11.9 Å². The number of aromatic nitrogens is 2. The highest BCUT2D eigenvalue weighted by atomic mass is 32.1. The van der Waals surface area contributed by atoms with Crippen molar-refractivity contribution in [3.05, 3.63) is 5.82 Å². The van der Waals surface area contributed by atoms with Crippen LogP contribution in [0.1, 0.15) is 33.0 Å². The Morgan fingerprint density at radius 1 is 1.44 bits per heavy atom. The van der Waals surface area contributed by atoms with Crippen molar-refractivity contribution in [3.63, 3.8) is 0 Å². The summed E-state index contributed by atoms with van der Waals surface area (Å²) >= 11 is 1.20. The third-order valence-corrected chi connectivity index (χ3v) is 2.50. The Balaban J connectivity index is 2.26. The molecule has 1 heterocycles. The molecule has 0 radical (unpaired) electrons. The number of anilines is 1. The number of amides is 1. The first kappa shape index (κ1) is 13.1. The van der Waals surface area contributed by atoms with Gasteiger partial charge in [-0.25, -0.2) is 4.98 Å². The summed E-state index contributed by atoms with van der Waals surface area (Å²) in [5, 5.41) is 6.53. The Bertz CT molecular complexity index is 356. The van der Waals surface area contributed by atoms with Crippen LogP contribution in [0.15, 0.2) is 0 Å². The van der Waals surface area contributed by atoms with E-state index in [0.717, 1.165) is 0 Å². The Labute approximate surface area is 99.8 Å². The molecule has 2 N–H and O–H groups in total. The van der Waals surface area contributed by atoms with Gasteiger partial charge in [-0.2, -0.15) is 4.37 Å². The number of aryl methyl sites for hydroxylation is 1. The second kappa shape index (κ2) is 5.36. The zero-order valence-electron chi connectivity index (χ0n) is 10.1. The van der Waals surface area contributed by atoms with E-state index in [9.17, 15) is 4.79 Å². The molecule has 0 spiro atoms. The summed E-state index contributed by atoms with van der Waals surface area (Å²) in [5.74, 6) is 0.654. The smallest absolute Gasteiger partial charge is 0.227 e. The maximum atomic E-state index is 11.5. The SMILES string of the molecule is Cc1nsc(NC(=O)CCNC(C)(C)C)n1. The van der Waals surface area contributed by atoms with Gasteiger partial charge in [0.25, 0.3) is 0 Å². The lowest BCUT2D eigenvalue weighted by atomic mass is 10.1. The molecule has 0 fully saturated rings. The Morgan fingerprint density at radius 3 is 2.62 bits per heavy atom. The molecule has 5 nitrogen and oxygen atoms in total. The van der Waals surface area contributed by atoms with E-state index in [-0.39, 0.29) is 11.4 Å². The van der Waals surface area contributed by atoms with Crippen molar-refractivity contribution in [3.8, 4) is 0 Å². The number of carbonyl (C=O) groups excluding carboxylic acids is 1. The maximum absolute atomic E-state index is 11.5. The molecule has 0 unspecified atom stereocenters. The molecule has 0 bridgehead atoms. The van der Waals surface area contributed by atoms with Gasteiger partial charge in [-0.1, -0.05) is 0 Å². The van der Waals surface area contributed by atoms with Gasteiger partial charge >= 0.3 is 0 Å². The van der Waals surface area contributed by atoms with Gasteiger partial charge in [0.2, 0.25) is 11.0 Å². The normalized spacial score (nSPS) is 11.5. The zero-order chi connectivity index (χ0) is 12.2. The predicted molar refractivity (Wildman–Crippen MR) is 65.6 cm³/mol. The lowest BCUT2D eigenvalue weighted by Crippen LogP contribution is -2.37. The van der Waals surface area contributed by atoms with Crippen molar-refractivity contribution in [2.24, 2.45) is 0 Å². The lowest BCUT2D eigenvalue weighted by molar-refractivity contribution is -0.116. The van der Waals surface area contributed by atoms with Crippen LogP contribution in [-0.4, -0.2) is 27.3 Å². The highest BCUT2D eigenvalue weighted by molar-refractivity contribution is 7.09. The minimum atomic E-state index is -0.0344. The highest BCUT2D eigenvalue weighted by Gasteiger charge is 2.10. The molecular weight excluding hydrogens is 224 g/mol. The molecule has 1 rings (SSSR count). The van der Waals surface area contributed by atoms with E-state index < -0.39 is 0 Å². The average molecular weight is 242 g/mol. The fourth-order valence-electron chi connectivity index (χ4n) is 1.08. The molecule has 0 aliphatic heterocycles. The van der Waals surface area contributed by atoms with Gasteiger partial charge in [0.05, 0.1) is 0 Å². The minimum Gasteiger partial charge on any atom is -0.312 e. The zero-order valence-corrected chi connectivity index (χ0v) is 10.9. The molecule has 1 aromatic rings. The number of carbonyl (C=O) groups is 1. The van der Waals surface area contributed by atoms with Crippen LogP contribution in [0.2, 0.25) is 0 Å². The van der Waals surface area contributed by atoms with Crippen LogP contribution in [0.25, 0.3) is 0 Å². The summed E-state index contributed by atoms with van der Waals surface area (Å²) in [4.78, 5) is 15.6. The third kappa shape index (κ3) is 5.18. The fraction of sp³-hybridized carbons (Fsp3) is 0.700. The summed E-state index contributed by atoms with van der Waals surface area (Å²) in [6, 6.07) is 0. The minimum absolute atomic E-state index is 0.0344. The Kier molecular flexibility index (Phi) is 4.37. The summed E-state index contributed by atoms with van der Waals surface area (Å²) in [6.07, 6.45) is 0.440. The van der Waals surface area contributed by atoms with Gasteiger partial charge in [0.1, 0.15) is 5.82 Å². The van der Waals surface area contributed by atoms with Gasteiger partial charge in [-0.15, -0.1) is 0 Å². The molecule has 1 aromatic heterocycles. The standard InChI is InChI=1S/C10H18N4OS/c1-7-12-9(16-14-7)13-8(15)5-6-11-10(2,3)4/h11H,5-6H2,1-4H3,(H,12,13,14,15). The van der Waals surface area contributed by atoms with Gasteiger partial charge in [-0.05, 0) is 27.7 Å². The van der Waals surface area contributed by atoms with Crippen molar-refractivity contribution in [2.45, 2.75) is 39.7 Å². The van der Waals surface area contributed by atoms with Crippen LogP contribution < -0.4 is 10.6 Å². The molecule has 0 saturated heterocycles. The molecule has 6 heteroatoms. The van der Waals surface area contributed by atoms with Crippen molar-refractivity contribution >= 4 is 22.6 Å². The van der Waals surface area contributed by atoms with Crippen LogP contribution in [-0.2, 0) is 4.79 Å². The molecule has 1 amide bonds. The topological polar surface area (TPSA) is 66.9 Å². The molecule has 0 aliphatic carbocycles. The van der Waals surface area contributed by atoms with Crippen molar-refractivity contribution in [1.29, 1.82) is 0 Å². The maximum Gasteiger partial charge on any atom is 0.227 e. The number of rotatable bonds is 4. The van der Waals surface area contributed by atoms with E-state index >= 15 is 0 Å². The largest absolute Gasteiger partial charge is 0.312 e. The molecule has 16 heavy (non-hydrogen) atoms. The first-order chi connectivity index (χ1) is 7.37. The second-order valence-electron chi connectivity index (χ2n) is 4.62. The molecule has 0 saturated carbocycles. The first-order valence-electron chi connectivity index (χ1n) is 5.22. The van der Waals surface area contributed by atoms with Crippen LogP contribution in [0.5, 0.6) is 0 Å². The van der Waals surface area contributed by atoms with E-state index in [2.05, 4.69) is 40.8 Å². The molecule has 0 aromatic carbocycles. The molecule has 0 aliphatic rings. The highest BCUT2D eigenvalue weighted by Crippen LogP contribution is 2.10. The van der Waals surface area contributed by atoms with Crippen LogP contribution in [0, 0.1) is 6.92 Å². The fourth-order valence-corrected chi connectivity index (χ4v) is 1.67. The first-order valence-corrected chi connectivity index (χ1v) is 5.99. The van der Waals surface area contributed by atoms with Crippen LogP contribution in [0.3, 0.4) is 0 Å². The summed E-state index contributed by atoms with van der Waals surface area (Å²) in [5.41, 5.74) is 0.0413. The van der Waals surface area contributed by atoms with E-state index in [1.807, 2.05) is 0 Å². The monoisotopic (exact) mass is 242 g/mol. The van der Waals surface area contributed by atoms with Gasteiger partial charge in [-0.3, -0.25) is 4.79 Å². The Hall–Kier alpha value is -1.01. The van der Waals surface area contributed by atoms with Crippen LogP contribution in [0.4, 0.5) is 5.13 Å². The molecule has 90 valence electrons. The summed E-state index contributed by atoms with van der Waals surface area (Å²) in [6.45, 7) is 8.66. The van der Waals surface area contributed by atoms with E-state index in [4.69, 9.17) is 0 Å². The summed E-state index contributed by atoms with van der Waals surface area (Å²) < 4.78 is 3.99. The van der Waals surface area contributed by atoms with Gasteiger partial charge in [0.15, 0.2) is 0 Å². The quantitative estimate of drug-likeness (QED) is 0.841. The summed E-state index contributed by atoms with van der Waals surface area (Å²) in [7, 11) is 0. The molecule has 0 atom stereocenters. The number of hydrogen-bond donors (Lipinski definition) is 2. The van der Waals surface area contributed by atoms with E-state index in [1.54, 1.807) is 6.92 Å². The van der Waals surface area contributed by atoms with Crippen molar-refractivity contribution in [1.82, 2.24) is 14.7 Å². The lowest BCUT2D eigenvalue weighted by Gasteiger charge is -2.19. The number of nitrogens with one attached hydrogen (secondary N) is 2. The predicted octanol–water partition coefficient (Wildman–Crippen LogP) is 1.56. The number of nitrogens with zero attached hydrogens (tertiary/aromatic N) is 2.